The van der Waals surface area contributed by atoms with Crippen molar-refractivity contribution in [3.05, 3.63) is 5.51 Å². The van der Waals surface area contributed by atoms with Crippen LogP contribution in [0.5, 0.6) is 0 Å². The number of aromatic nitrogens is 2. The summed E-state index contributed by atoms with van der Waals surface area (Å²) in [5.41, 5.74) is 12.0. The van der Waals surface area contributed by atoms with Crippen LogP contribution in [0.1, 0.15) is 0 Å². The molecule has 0 aromatic carbocycles. The van der Waals surface area contributed by atoms with E-state index in [-0.39, 0.29) is 0 Å². The summed E-state index contributed by atoms with van der Waals surface area (Å²) in [7, 11) is 0. The fourth-order valence-electron chi connectivity index (χ4n) is 0.469. The zero-order valence-electron chi connectivity index (χ0n) is 6.14. The van der Waals surface area contributed by atoms with Crippen LogP contribution in [0.15, 0.2) is 9.85 Å². The molecule has 0 radical (unpaired) electrons. The predicted molar refractivity (Wildman–Crippen MR) is 47.8 cm³/mol. The predicted octanol–water partition coefficient (Wildman–Crippen LogP) is -0.557. The highest BCUT2D eigenvalue weighted by atomic mass is 32.2. The van der Waals surface area contributed by atoms with Crippen LogP contribution in [0.4, 0.5) is 0 Å². The molecule has 0 aliphatic rings. The molecule has 66 valence electrons. The molecule has 1 amide bonds. The highest BCUT2D eigenvalue weighted by molar-refractivity contribution is 8.01. The van der Waals surface area contributed by atoms with Crippen LogP contribution in [0.25, 0.3) is 0 Å². The third-order valence-electron chi connectivity index (χ3n) is 1.09. The number of thioether (sulfide) groups is 1. The van der Waals surface area contributed by atoms with Gasteiger partial charge in [-0.15, -0.1) is 10.2 Å². The maximum Gasteiger partial charge on any atom is 0.235 e. The van der Waals surface area contributed by atoms with Crippen LogP contribution in [-0.4, -0.2) is 27.9 Å². The minimum atomic E-state index is -0.612. The molecule has 0 saturated carbocycles. The molecule has 12 heavy (non-hydrogen) atoms. The second-order valence-electron chi connectivity index (χ2n) is 2.02. The van der Waals surface area contributed by atoms with E-state index in [2.05, 4.69) is 10.2 Å². The van der Waals surface area contributed by atoms with Crippen molar-refractivity contribution >= 4 is 29.0 Å². The fraction of sp³-hybridized carbons (Fsp3) is 0.400. The Morgan fingerprint density at radius 1 is 1.83 bits per heavy atom. The van der Waals surface area contributed by atoms with Gasteiger partial charge < -0.3 is 11.5 Å². The number of hydrogen-bond donors (Lipinski definition) is 2. The Kier molecular flexibility index (Phi) is 3.45. The van der Waals surface area contributed by atoms with Gasteiger partial charge >= 0.3 is 0 Å². The Morgan fingerprint density at radius 3 is 3.08 bits per heavy atom. The first-order chi connectivity index (χ1) is 5.70. The van der Waals surface area contributed by atoms with E-state index >= 15 is 0 Å². The average molecular weight is 204 g/mol. The number of nitrogens with zero attached hydrogens (tertiary/aromatic N) is 2. The lowest BCUT2D eigenvalue weighted by Gasteiger charge is -2.03. The molecule has 1 rings (SSSR count). The first-order valence-corrected chi connectivity index (χ1v) is 5.00. The van der Waals surface area contributed by atoms with Crippen molar-refractivity contribution in [1.82, 2.24) is 10.2 Å². The number of primary amides is 1. The van der Waals surface area contributed by atoms with Crippen LogP contribution in [0.3, 0.4) is 0 Å². The molecule has 1 aromatic heterocycles. The van der Waals surface area contributed by atoms with Crippen LogP contribution in [0, 0.1) is 0 Å². The quantitative estimate of drug-likeness (QED) is 0.641. The maximum absolute atomic E-state index is 10.5. The Balaban J connectivity index is 2.31. The molecule has 0 aliphatic carbocycles. The Morgan fingerprint density at radius 2 is 2.58 bits per heavy atom. The normalized spacial score (nSPS) is 12.8. The second-order valence-corrected chi connectivity index (χ2v) is 4.12. The molecule has 1 aromatic rings. The molecule has 5 nitrogen and oxygen atoms in total. The molecule has 0 spiro atoms. The lowest BCUT2D eigenvalue weighted by Crippen LogP contribution is -2.38. The van der Waals surface area contributed by atoms with Gasteiger partial charge in [-0.3, -0.25) is 4.79 Å². The van der Waals surface area contributed by atoms with Crippen LogP contribution in [-0.2, 0) is 4.79 Å². The Bertz CT molecular complexity index is 250. The molecule has 0 fully saturated rings. The van der Waals surface area contributed by atoms with Crippen molar-refractivity contribution < 1.29 is 4.79 Å². The highest BCUT2D eigenvalue weighted by Gasteiger charge is 2.10. The van der Waals surface area contributed by atoms with Crippen LogP contribution in [0.2, 0.25) is 0 Å². The van der Waals surface area contributed by atoms with Crippen molar-refractivity contribution in [1.29, 1.82) is 0 Å². The van der Waals surface area contributed by atoms with E-state index < -0.39 is 11.9 Å². The number of carbonyl (C=O) groups excluding carboxylic acids is 1. The molecule has 4 N–H and O–H groups in total. The molecule has 1 heterocycles. The molecule has 1 unspecified atom stereocenters. The zero-order chi connectivity index (χ0) is 8.97. The summed E-state index contributed by atoms with van der Waals surface area (Å²) in [6, 6.07) is -0.612. The molecule has 1 atom stereocenters. The largest absolute Gasteiger partial charge is 0.368 e. The molecule has 7 heteroatoms. The number of carbonyl (C=O) groups is 1. The van der Waals surface area contributed by atoms with Crippen molar-refractivity contribution in [3.8, 4) is 0 Å². The summed E-state index contributed by atoms with van der Waals surface area (Å²) < 4.78 is 0.798. The molecular weight excluding hydrogens is 196 g/mol. The van der Waals surface area contributed by atoms with Crippen molar-refractivity contribution in [2.24, 2.45) is 11.5 Å². The summed E-state index contributed by atoms with van der Waals surface area (Å²) in [6.07, 6.45) is 0. The first kappa shape index (κ1) is 9.43. The standard InChI is InChI=1S/C5H8N4OS2/c6-3(4(7)10)1-11-5-9-8-2-12-5/h2-3H,1,6H2,(H2,7,10). The van der Waals surface area contributed by atoms with Gasteiger partial charge in [-0.1, -0.05) is 23.1 Å². The minimum Gasteiger partial charge on any atom is -0.368 e. The molecule has 0 bridgehead atoms. The lowest BCUT2D eigenvalue weighted by atomic mass is 10.3. The summed E-state index contributed by atoms with van der Waals surface area (Å²) in [4.78, 5) is 10.5. The van der Waals surface area contributed by atoms with E-state index in [1.165, 1.54) is 23.1 Å². The van der Waals surface area contributed by atoms with Crippen molar-refractivity contribution in [2.45, 2.75) is 10.4 Å². The number of hydrogen-bond acceptors (Lipinski definition) is 6. The van der Waals surface area contributed by atoms with Crippen LogP contribution >= 0.6 is 23.1 Å². The van der Waals surface area contributed by atoms with Gasteiger partial charge in [0.2, 0.25) is 5.91 Å². The Hall–Kier alpha value is -0.660. The number of amides is 1. The third kappa shape index (κ3) is 2.76. The third-order valence-corrected chi connectivity index (χ3v) is 3.07. The van der Waals surface area contributed by atoms with Gasteiger partial charge in [0.25, 0.3) is 0 Å². The van der Waals surface area contributed by atoms with Gasteiger partial charge in [0.1, 0.15) is 5.51 Å². The number of rotatable bonds is 4. The smallest absolute Gasteiger partial charge is 0.235 e. The fourth-order valence-corrected chi connectivity index (χ4v) is 1.94. The minimum absolute atomic E-state index is 0.449. The average Bonchev–Trinajstić information content (AvgIpc) is 2.51. The van der Waals surface area contributed by atoms with E-state index in [9.17, 15) is 4.79 Å². The van der Waals surface area contributed by atoms with Gasteiger partial charge in [0, 0.05) is 5.75 Å². The van der Waals surface area contributed by atoms with Crippen molar-refractivity contribution in [2.75, 3.05) is 5.75 Å². The first-order valence-electron chi connectivity index (χ1n) is 3.14. The van der Waals surface area contributed by atoms with Gasteiger partial charge in [-0.25, -0.2) is 0 Å². The zero-order valence-corrected chi connectivity index (χ0v) is 7.77. The summed E-state index contributed by atoms with van der Waals surface area (Å²) in [6.45, 7) is 0. The van der Waals surface area contributed by atoms with E-state index in [1.54, 1.807) is 5.51 Å². The maximum atomic E-state index is 10.5. The van der Waals surface area contributed by atoms with Crippen LogP contribution < -0.4 is 11.5 Å². The lowest BCUT2D eigenvalue weighted by molar-refractivity contribution is -0.118. The SMILES string of the molecule is NC(=O)C(N)CSc1nncs1. The Labute approximate surface area is 77.5 Å². The second kappa shape index (κ2) is 4.39. The van der Waals surface area contributed by atoms with Gasteiger partial charge in [0.05, 0.1) is 6.04 Å². The van der Waals surface area contributed by atoms with E-state index in [4.69, 9.17) is 11.5 Å². The summed E-state index contributed by atoms with van der Waals surface area (Å²) in [5, 5.41) is 7.41. The van der Waals surface area contributed by atoms with Gasteiger partial charge in [-0.2, -0.15) is 0 Å². The van der Waals surface area contributed by atoms with E-state index in [1.807, 2.05) is 0 Å². The van der Waals surface area contributed by atoms with E-state index in [0.29, 0.717) is 5.75 Å². The van der Waals surface area contributed by atoms with E-state index in [0.717, 1.165) is 4.34 Å². The summed E-state index contributed by atoms with van der Waals surface area (Å²) >= 11 is 2.79. The molecular formula is C5H8N4OS2. The highest BCUT2D eigenvalue weighted by Crippen LogP contribution is 2.18. The topological polar surface area (TPSA) is 94.9 Å². The molecule has 0 aliphatic heterocycles. The number of nitrogens with two attached hydrogens (primary N) is 2. The monoisotopic (exact) mass is 204 g/mol. The summed E-state index contributed by atoms with van der Waals surface area (Å²) in [5.74, 6) is -0.0446. The van der Waals surface area contributed by atoms with Gasteiger partial charge in [0.15, 0.2) is 4.34 Å². The molecule has 0 saturated heterocycles. The van der Waals surface area contributed by atoms with Gasteiger partial charge in [-0.05, 0) is 0 Å². The van der Waals surface area contributed by atoms with Crippen molar-refractivity contribution in [3.63, 3.8) is 0 Å².